The number of imide groups is 2. The van der Waals surface area contributed by atoms with Gasteiger partial charge in [-0.15, -0.1) is 0 Å². The summed E-state index contributed by atoms with van der Waals surface area (Å²) in [4.78, 5) is 50.4. The summed E-state index contributed by atoms with van der Waals surface area (Å²) in [5, 5.41) is 2.27. The van der Waals surface area contributed by atoms with E-state index in [4.69, 9.17) is 15.2 Å². The number of hydrogen-bond acceptors (Lipinski definition) is 6. The molecule has 2 atom stereocenters. The molecule has 1 aliphatic rings. The summed E-state index contributed by atoms with van der Waals surface area (Å²) in [6.07, 6.45) is -0.153. The van der Waals surface area contributed by atoms with E-state index < -0.39 is 35.6 Å². The highest BCUT2D eigenvalue weighted by molar-refractivity contribution is 6.22. The first-order valence-corrected chi connectivity index (χ1v) is 9.67. The molecule has 0 bridgehead atoms. The molecule has 2 rings (SSSR count). The third kappa shape index (κ3) is 4.92. The monoisotopic (exact) mass is 405 g/mol. The molecule has 158 valence electrons. The minimum atomic E-state index is -1.50. The van der Waals surface area contributed by atoms with E-state index in [-0.39, 0.29) is 19.4 Å². The lowest BCUT2D eigenvalue weighted by Gasteiger charge is -2.39. The Labute approximate surface area is 169 Å². The molecule has 1 fully saturated rings. The molecule has 0 saturated carbocycles. The largest absolute Gasteiger partial charge is 0.420 e. The number of benzene rings is 1. The molecular weight excluding hydrogens is 378 g/mol. The highest BCUT2D eigenvalue weighted by Gasteiger charge is 2.53. The Morgan fingerprint density at radius 3 is 2.48 bits per heavy atom. The zero-order chi connectivity index (χ0) is 21.4. The summed E-state index contributed by atoms with van der Waals surface area (Å²) in [7, 11) is 0. The highest BCUT2D eigenvalue weighted by atomic mass is 16.7. The SMILES string of the molecule is CCCCOC(CCN1C(=O)NC(=O)C(CC)(c2ccccc2)C1=O)OC(N)=O. The molecular formula is C20H27N3O6. The molecule has 2 unspecified atom stereocenters. The number of nitrogens with zero attached hydrogens (tertiary/aromatic N) is 1. The molecule has 1 aromatic carbocycles. The molecule has 0 aromatic heterocycles. The number of rotatable bonds is 10. The van der Waals surface area contributed by atoms with Gasteiger partial charge in [-0.3, -0.25) is 19.8 Å². The number of primary amides is 1. The third-order valence-corrected chi connectivity index (χ3v) is 4.90. The van der Waals surface area contributed by atoms with Crippen molar-refractivity contribution in [1.82, 2.24) is 10.2 Å². The van der Waals surface area contributed by atoms with Gasteiger partial charge in [0, 0.05) is 13.0 Å². The van der Waals surface area contributed by atoms with Gasteiger partial charge in [-0.1, -0.05) is 50.6 Å². The maximum Gasteiger partial charge on any atom is 0.406 e. The molecule has 1 aliphatic heterocycles. The Bertz CT molecular complexity index is 754. The number of nitrogens with two attached hydrogens (primary N) is 1. The fraction of sp³-hybridized carbons (Fsp3) is 0.500. The number of unbranched alkanes of at least 4 members (excludes halogenated alkanes) is 1. The third-order valence-electron chi connectivity index (χ3n) is 4.90. The van der Waals surface area contributed by atoms with Gasteiger partial charge in [0.1, 0.15) is 0 Å². The van der Waals surface area contributed by atoms with Crippen LogP contribution < -0.4 is 11.1 Å². The van der Waals surface area contributed by atoms with Gasteiger partial charge in [0.2, 0.25) is 12.2 Å². The first-order chi connectivity index (χ1) is 13.9. The van der Waals surface area contributed by atoms with Crippen LogP contribution in [-0.2, 0) is 24.5 Å². The van der Waals surface area contributed by atoms with Gasteiger partial charge in [-0.2, -0.15) is 0 Å². The maximum absolute atomic E-state index is 13.3. The molecule has 0 radical (unpaired) electrons. The topological polar surface area (TPSA) is 128 Å². The van der Waals surface area contributed by atoms with Crippen molar-refractivity contribution in [3.63, 3.8) is 0 Å². The van der Waals surface area contributed by atoms with Gasteiger partial charge in [0.25, 0.3) is 5.91 Å². The zero-order valence-corrected chi connectivity index (χ0v) is 16.7. The summed E-state index contributed by atoms with van der Waals surface area (Å²) >= 11 is 0. The van der Waals surface area contributed by atoms with Gasteiger partial charge in [-0.05, 0) is 18.4 Å². The standard InChI is InChI=1S/C20H27N3O6/c1-3-5-13-28-15(29-18(21)26)11-12-23-17(25)20(4-2,16(24)22-19(23)27)14-9-7-6-8-10-14/h6-10,15H,3-5,11-13H2,1-2H3,(H2,21,26)(H,22,24,27). The normalized spacial score (nSPS) is 20.3. The first kappa shape index (κ1) is 22.4. The van der Waals surface area contributed by atoms with Crippen LogP contribution in [0.4, 0.5) is 9.59 Å². The predicted octanol–water partition coefficient (Wildman–Crippen LogP) is 2.04. The van der Waals surface area contributed by atoms with Crippen molar-refractivity contribution in [3.8, 4) is 0 Å². The van der Waals surface area contributed by atoms with Crippen LogP contribution in [0.1, 0.15) is 45.1 Å². The van der Waals surface area contributed by atoms with Gasteiger partial charge < -0.3 is 15.2 Å². The molecule has 1 heterocycles. The second kappa shape index (κ2) is 10.0. The number of hydrogen-bond donors (Lipinski definition) is 2. The number of amides is 5. The number of ether oxygens (including phenoxy) is 2. The van der Waals surface area contributed by atoms with Crippen molar-refractivity contribution in [3.05, 3.63) is 35.9 Å². The molecule has 1 aromatic rings. The molecule has 0 spiro atoms. The second-order valence-electron chi connectivity index (χ2n) is 6.72. The van der Waals surface area contributed by atoms with Crippen LogP contribution in [0.15, 0.2) is 30.3 Å². The summed E-state index contributed by atoms with van der Waals surface area (Å²) in [5.41, 5.74) is 4.08. The van der Waals surface area contributed by atoms with Crippen molar-refractivity contribution in [2.45, 2.75) is 51.2 Å². The lowest BCUT2D eigenvalue weighted by Crippen LogP contribution is -2.66. The highest BCUT2D eigenvalue weighted by Crippen LogP contribution is 2.33. The summed E-state index contributed by atoms with van der Waals surface area (Å²) in [6.45, 7) is 3.94. The van der Waals surface area contributed by atoms with Crippen LogP contribution in [0.2, 0.25) is 0 Å². The Morgan fingerprint density at radius 2 is 1.90 bits per heavy atom. The van der Waals surface area contributed by atoms with Crippen molar-refractivity contribution < 1.29 is 28.7 Å². The van der Waals surface area contributed by atoms with Crippen molar-refractivity contribution in [2.75, 3.05) is 13.2 Å². The van der Waals surface area contributed by atoms with E-state index in [9.17, 15) is 19.2 Å². The van der Waals surface area contributed by atoms with Crippen LogP contribution in [0, 0.1) is 0 Å². The molecule has 0 aliphatic carbocycles. The molecule has 3 N–H and O–H groups in total. The van der Waals surface area contributed by atoms with Gasteiger partial charge in [-0.25, -0.2) is 9.59 Å². The molecule has 29 heavy (non-hydrogen) atoms. The quantitative estimate of drug-likeness (QED) is 0.348. The van der Waals surface area contributed by atoms with E-state index >= 15 is 0 Å². The summed E-state index contributed by atoms with van der Waals surface area (Å²) in [6, 6.07) is 7.79. The molecule has 5 amide bonds. The fourth-order valence-corrected chi connectivity index (χ4v) is 3.29. The Hall–Kier alpha value is -2.94. The summed E-state index contributed by atoms with van der Waals surface area (Å²) < 4.78 is 10.4. The van der Waals surface area contributed by atoms with E-state index in [2.05, 4.69) is 5.32 Å². The first-order valence-electron chi connectivity index (χ1n) is 9.67. The summed E-state index contributed by atoms with van der Waals surface area (Å²) in [5.74, 6) is -1.27. The van der Waals surface area contributed by atoms with Crippen LogP contribution in [0.3, 0.4) is 0 Å². The van der Waals surface area contributed by atoms with Crippen molar-refractivity contribution in [1.29, 1.82) is 0 Å². The van der Waals surface area contributed by atoms with Gasteiger partial charge in [0.05, 0.1) is 6.61 Å². The predicted molar refractivity (Wildman–Crippen MR) is 104 cm³/mol. The van der Waals surface area contributed by atoms with Gasteiger partial charge >= 0.3 is 12.1 Å². The Kier molecular flexibility index (Phi) is 7.72. The zero-order valence-electron chi connectivity index (χ0n) is 16.7. The smallest absolute Gasteiger partial charge is 0.406 e. The van der Waals surface area contributed by atoms with E-state index in [1.807, 2.05) is 6.92 Å². The Balaban J connectivity index is 2.20. The van der Waals surface area contributed by atoms with E-state index in [0.717, 1.165) is 17.7 Å². The average Bonchev–Trinajstić information content (AvgIpc) is 2.68. The van der Waals surface area contributed by atoms with Crippen LogP contribution in [-0.4, -0.2) is 48.3 Å². The minimum absolute atomic E-state index is 0.0363. The van der Waals surface area contributed by atoms with Crippen molar-refractivity contribution >= 4 is 23.9 Å². The van der Waals surface area contributed by atoms with Crippen LogP contribution in [0.25, 0.3) is 0 Å². The average molecular weight is 405 g/mol. The van der Waals surface area contributed by atoms with Gasteiger partial charge in [0.15, 0.2) is 5.41 Å². The van der Waals surface area contributed by atoms with E-state index in [1.54, 1.807) is 37.3 Å². The molecule has 9 heteroatoms. The fourth-order valence-electron chi connectivity index (χ4n) is 3.29. The number of carbonyl (C=O) groups is 4. The Morgan fingerprint density at radius 1 is 1.21 bits per heavy atom. The molecule has 9 nitrogen and oxygen atoms in total. The molecule has 1 saturated heterocycles. The second-order valence-corrected chi connectivity index (χ2v) is 6.72. The lowest BCUT2D eigenvalue weighted by molar-refractivity contribution is -0.147. The number of urea groups is 1. The van der Waals surface area contributed by atoms with Crippen LogP contribution in [0.5, 0.6) is 0 Å². The number of nitrogens with one attached hydrogen (secondary N) is 1. The lowest BCUT2D eigenvalue weighted by atomic mass is 9.74. The number of carbonyl (C=O) groups excluding carboxylic acids is 4. The minimum Gasteiger partial charge on any atom is -0.420 e. The number of barbiturate groups is 1. The maximum atomic E-state index is 13.3. The van der Waals surface area contributed by atoms with E-state index in [0.29, 0.717) is 12.2 Å². The van der Waals surface area contributed by atoms with Crippen molar-refractivity contribution in [2.24, 2.45) is 5.73 Å². The van der Waals surface area contributed by atoms with Crippen LogP contribution >= 0.6 is 0 Å². The van der Waals surface area contributed by atoms with E-state index in [1.165, 1.54) is 0 Å².